The Morgan fingerprint density at radius 3 is 2.65 bits per heavy atom. The molecule has 0 aromatic carbocycles. The highest BCUT2D eigenvalue weighted by atomic mass is 16.5. The van der Waals surface area contributed by atoms with Crippen LogP contribution in [0.25, 0.3) is 0 Å². The fourth-order valence-electron chi connectivity index (χ4n) is 2.11. The second-order valence-electron chi connectivity index (χ2n) is 5.83. The first-order valence-corrected chi connectivity index (χ1v) is 6.44. The molecule has 1 fully saturated rings. The molecular formula is C13H26N2O2. The molecule has 4 nitrogen and oxygen atoms in total. The van der Waals surface area contributed by atoms with Crippen LogP contribution < -0.4 is 11.1 Å². The molecule has 0 aromatic heterocycles. The number of hydrogen-bond acceptors (Lipinski definition) is 3. The van der Waals surface area contributed by atoms with E-state index in [2.05, 4.69) is 12.2 Å². The van der Waals surface area contributed by atoms with Gasteiger partial charge in [-0.15, -0.1) is 0 Å². The Balaban J connectivity index is 2.38. The number of carbonyl (C=O) groups excluding carboxylic acids is 1. The van der Waals surface area contributed by atoms with Crippen LogP contribution in [0.2, 0.25) is 0 Å². The van der Waals surface area contributed by atoms with E-state index in [9.17, 15) is 4.79 Å². The summed E-state index contributed by atoms with van der Waals surface area (Å²) < 4.78 is 5.27. The van der Waals surface area contributed by atoms with Gasteiger partial charge >= 0.3 is 0 Å². The lowest BCUT2D eigenvalue weighted by Crippen LogP contribution is -2.45. The molecule has 1 amide bonds. The number of nitrogens with one attached hydrogen (secondary N) is 1. The molecule has 3 unspecified atom stereocenters. The Morgan fingerprint density at radius 1 is 1.47 bits per heavy atom. The van der Waals surface area contributed by atoms with Gasteiger partial charge in [-0.3, -0.25) is 4.79 Å². The molecule has 1 aliphatic rings. The maximum Gasteiger partial charge on any atom is 0.223 e. The first-order valence-electron chi connectivity index (χ1n) is 6.44. The van der Waals surface area contributed by atoms with Crippen molar-refractivity contribution in [3.8, 4) is 0 Å². The predicted molar refractivity (Wildman–Crippen MR) is 68.6 cm³/mol. The number of methoxy groups -OCH3 is 1. The molecule has 17 heavy (non-hydrogen) atoms. The Labute approximate surface area is 104 Å². The summed E-state index contributed by atoms with van der Waals surface area (Å²) in [7, 11) is 1.66. The van der Waals surface area contributed by atoms with Gasteiger partial charge in [0.1, 0.15) is 0 Å². The quantitative estimate of drug-likeness (QED) is 0.781. The molecule has 1 aliphatic carbocycles. The molecule has 0 bridgehead atoms. The van der Waals surface area contributed by atoms with E-state index in [1.165, 1.54) is 0 Å². The summed E-state index contributed by atoms with van der Waals surface area (Å²) in [6.45, 7) is 6.63. The van der Waals surface area contributed by atoms with Gasteiger partial charge in [-0.25, -0.2) is 0 Å². The molecule has 0 spiro atoms. The molecule has 100 valence electrons. The topological polar surface area (TPSA) is 64.3 Å². The van der Waals surface area contributed by atoms with Crippen molar-refractivity contribution < 1.29 is 9.53 Å². The fourth-order valence-corrected chi connectivity index (χ4v) is 2.11. The second kappa shape index (κ2) is 5.83. The van der Waals surface area contributed by atoms with Crippen LogP contribution in [0, 0.1) is 11.8 Å². The maximum atomic E-state index is 12.0. The number of amides is 1. The van der Waals surface area contributed by atoms with Crippen molar-refractivity contribution in [2.75, 3.05) is 13.7 Å². The number of hydrogen-bond donors (Lipinski definition) is 2. The van der Waals surface area contributed by atoms with Gasteiger partial charge in [0.25, 0.3) is 0 Å². The molecule has 0 radical (unpaired) electrons. The zero-order valence-corrected chi connectivity index (χ0v) is 11.5. The molecule has 3 N–H and O–H groups in total. The van der Waals surface area contributed by atoms with Gasteiger partial charge in [-0.2, -0.15) is 0 Å². The van der Waals surface area contributed by atoms with E-state index in [0.717, 1.165) is 19.3 Å². The average Bonchev–Trinajstić information content (AvgIpc) is 2.30. The molecule has 1 rings (SSSR count). The third-order valence-electron chi connectivity index (χ3n) is 3.87. The van der Waals surface area contributed by atoms with Gasteiger partial charge < -0.3 is 15.8 Å². The SMILES string of the molecule is COC(C)(C)CNC(=O)C1CCC(C)C(N)C1. The maximum absolute atomic E-state index is 12.0. The van der Waals surface area contributed by atoms with Crippen LogP contribution in [0.15, 0.2) is 0 Å². The highest BCUT2D eigenvalue weighted by molar-refractivity contribution is 5.78. The minimum atomic E-state index is -0.306. The summed E-state index contributed by atoms with van der Waals surface area (Å²) in [6, 6.07) is 0.162. The van der Waals surface area contributed by atoms with E-state index in [4.69, 9.17) is 10.5 Å². The van der Waals surface area contributed by atoms with Gasteiger partial charge in [-0.05, 0) is 39.0 Å². The molecule has 1 saturated carbocycles. The summed E-state index contributed by atoms with van der Waals surface area (Å²) in [5.74, 6) is 0.737. The zero-order chi connectivity index (χ0) is 13.1. The summed E-state index contributed by atoms with van der Waals surface area (Å²) in [5.41, 5.74) is 5.70. The van der Waals surface area contributed by atoms with E-state index in [1.54, 1.807) is 7.11 Å². The normalized spacial score (nSPS) is 30.1. The zero-order valence-electron chi connectivity index (χ0n) is 11.5. The minimum Gasteiger partial charge on any atom is -0.377 e. The van der Waals surface area contributed by atoms with Gasteiger partial charge in [0.15, 0.2) is 0 Å². The van der Waals surface area contributed by atoms with Gasteiger partial charge in [0.2, 0.25) is 5.91 Å². The first kappa shape index (κ1) is 14.5. The second-order valence-corrected chi connectivity index (χ2v) is 5.83. The van der Waals surface area contributed by atoms with E-state index >= 15 is 0 Å². The van der Waals surface area contributed by atoms with Crippen LogP contribution in [-0.4, -0.2) is 31.2 Å². The van der Waals surface area contributed by atoms with Crippen molar-refractivity contribution in [3.63, 3.8) is 0 Å². The van der Waals surface area contributed by atoms with Gasteiger partial charge in [0, 0.05) is 25.6 Å². The lowest BCUT2D eigenvalue weighted by molar-refractivity contribution is -0.127. The lowest BCUT2D eigenvalue weighted by atomic mass is 9.79. The van der Waals surface area contributed by atoms with E-state index in [0.29, 0.717) is 12.5 Å². The van der Waals surface area contributed by atoms with Crippen molar-refractivity contribution in [2.45, 2.75) is 51.7 Å². The van der Waals surface area contributed by atoms with Crippen LogP contribution >= 0.6 is 0 Å². The molecule has 4 heteroatoms. The molecule has 3 atom stereocenters. The summed E-state index contributed by atoms with van der Waals surface area (Å²) in [4.78, 5) is 12.0. The minimum absolute atomic E-state index is 0.0776. The Bertz CT molecular complexity index is 266. The smallest absolute Gasteiger partial charge is 0.223 e. The van der Waals surface area contributed by atoms with Crippen LogP contribution in [-0.2, 0) is 9.53 Å². The monoisotopic (exact) mass is 242 g/mol. The van der Waals surface area contributed by atoms with Crippen molar-refractivity contribution in [2.24, 2.45) is 17.6 Å². The first-order chi connectivity index (χ1) is 7.85. The van der Waals surface area contributed by atoms with E-state index in [-0.39, 0.29) is 23.5 Å². The van der Waals surface area contributed by atoms with Crippen LogP contribution in [0.3, 0.4) is 0 Å². The van der Waals surface area contributed by atoms with Crippen molar-refractivity contribution in [1.29, 1.82) is 0 Å². The lowest BCUT2D eigenvalue weighted by Gasteiger charge is -2.32. The third kappa shape index (κ3) is 4.28. The van der Waals surface area contributed by atoms with Crippen LogP contribution in [0.5, 0.6) is 0 Å². The van der Waals surface area contributed by atoms with E-state index in [1.807, 2.05) is 13.8 Å². The standard InChI is InChI=1S/C13H26N2O2/c1-9-5-6-10(7-11(9)14)12(16)15-8-13(2,3)17-4/h9-11H,5-8,14H2,1-4H3,(H,15,16). The average molecular weight is 242 g/mol. The van der Waals surface area contributed by atoms with Crippen molar-refractivity contribution >= 4 is 5.91 Å². The van der Waals surface area contributed by atoms with Crippen LogP contribution in [0.4, 0.5) is 0 Å². The summed E-state index contributed by atoms with van der Waals surface area (Å²) in [6.07, 6.45) is 2.81. The Morgan fingerprint density at radius 2 is 2.12 bits per heavy atom. The van der Waals surface area contributed by atoms with E-state index < -0.39 is 0 Å². The largest absolute Gasteiger partial charge is 0.377 e. The Kier molecular flexibility index (Phi) is 4.95. The Hall–Kier alpha value is -0.610. The predicted octanol–water partition coefficient (Wildman–Crippen LogP) is 1.29. The summed E-state index contributed by atoms with van der Waals surface area (Å²) in [5, 5.41) is 2.96. The van der Waals surface area contributed by atoms with Gasteiger partial charge in [-0.1, -0.05) is 6.92 Å². The third-order valence-corrected chi connectivity index (χ3v) is 3.87. The number of rotatable bonds is 4. The molecule has 0 aliphatic heterocycles. The van der Waals surface area contributed by atoms with Crippen LogP contribution in [0.1, 0.15) is 40.0 Å². The van der Waals surface area contributed by atoms with Gasteiger partial charge in [0.05, 0.1) is 5.60 Å². The van der Waals surface area contributed by atoms with Crippen molar-refractivity contribution in [3.05, 3.63) is 0 Å². The molecule has 0 heterocycles. The molecule has 0 aromatic rings. The highest BCUT2D eigenvalue weighted by Crippen LogP contribution is 2.27. The summed E-state index contributed by atoms with van der Waals surface area (Å²) >= 11 is 0. The highest BCUT2D eigenvalue weighted by Gasteiger charge is 2.30. The number of nitrogens with two attached hydrogens (primary N) is 1. The molecular weight excluding hydrogens is 216 g/mol. The number of ether oxygens (including phenoxy) is 1. The fraction of sp³-hybridized carbons (Fsp3) is 0.923. The number of carbonyl (C=O) groups is 1. The molecule has 0 saturated heterocycles. The van der Waals surface area contributed by atoms with Crippen molar-refractivity contribution in [1.82, 2.24) is 5.32 Å².